The molecule has 0 aliphatic carbocycles. The second-order valence-corrected chi connectivity index (χ2v) is 3.83. The maximum absolute atomic E-state index is 13.1. The van der Waals surface area contributed by atoms with Crippen LogP contribution in [-0.2, 0) is 4.79 Å². The van der Waals surface area contributed by atoms with E-state index in [9.17, 15) is 13.6 Å². The summed E-state index contributed by atoms with van der Waals surface area (Å²) in [5.41, 5.74) is 0.296. The third-order valence-corrected chi connectivity index (χ3v) is 2.50. The minimum Gasteiger partial charge on any atom is -0.481 e. The smallest absolute Gasteiger partial charge is 0.304 e. The van der Waals surface area contributed by atoms with Crippen LogP contribution in [0.4, 0.5) is 8.78 Å². The summed E-state index contributed by atoms with van der Waals surface area (Å²) in [5.74, 6) is -2.99. The topological polar surface area (TPSA) is 64.3 Å². The normalized spacial score (nSPS) is 12.2. The molecule has 0 heterocycles. The van der Waals surface area contributed by atoms with Crippen molar-refractivity contribution in [3.63, 3.8) is 0 Å². The summed E-state index contributed by atoms with van der Waals surface area (Å²) in [6.07, 6.45) is -0.127. The van der Waals surface area contributed by atoms with Crippen molar-refractivity contribution in [2.45, 2.75) is 12.5 Å². The van der Waals surface area contributed by atoms with Crippen LogP contribution >= 0.6 is 0 Å². The third kappa shape index (κ3) is 3.50. The molecule has 1 aromatic carbocycles. The number of benzene rings is 1. The molecule has 6 heteroatoms. The molecule has 0 amide bonds. The molecule has 1 atom stereocenters. The second-order valence-electron chi connectivity index (χ2n) is 3.83. The first kappa shape index (κ1) is 14.1. The van der Waals surface area contributed by atoms with E-state index in [1.165, 1.54) is 11.0 Å². The molecule has 0 aromatic heterocycles. The Morgan fingerprint density at radius 1 is 1.50 bits per heavy atom. The number of halogens is 2. The third-order valence-electron chi connectivity index (χ3n) is 2.50. The molecule has 0 spiro atoms. The number of carbonyl (C=O) groups is 1. The van der Waals surface area contributed by atoms with Crippen LogP contribution < -0.4 is 0 Å². The summed E-state index contributed by atoms with van der Waals surface area (Å²) in [7, 11) is 1.55. The van der Waals surface area contributed by atoms with E-state index in [4.69, 9.17) is 10.4 Å². The van der Waals surface area contributed by atoms with Crippen LogP contribution in [0.3, 0.4) is 0 Å². The van der Waals surface area contributed by atoms with Gasteiger partial charge < -0.3 is 5.11 Å². The molecule has 0 aliphatic heterocycles. The van der Waals surface area contributed by atoms with E-state index < -0.39 is 23.6 Å². The fourth-order valence-electron chi connectivity index (χ4n) is 1.51. The van der Waals surface area contributed by atoms with Gasteiger partial charge in [-0.3, -0.25) is 9.69 Å². The van der Waals surface area contributed by atoms with Crippen molar-refractivity contribution in [1.82, 2.24) is 4.90 Å². The van der Waals surface area contributed by atoms with E-state index in [0.29, 0.717) is 5.56 Å². The van der Waals surface area contributed by atoms with Crippen LogP contribution in [0.2, 0.25) is 0 Å². The lowest BCUT2D eigenvalue weighted by molar-refractivity contribution is -0.137. The van der Waals surface area contributed by atoms with Gasteiger partial charge in [0.1, 0.15) is 6.04 Å². The van der Waals surface area contributed by atoms with Gasteiger partial charge in [0, 0.05) is 6.54 Å². The Morgan fingerprint density at radius 3 is 2.67 bits per heavy atom. The number of hydrogen-bond donors (Lipinski definition) is 1. The SMILES string of the molecule is CN(CCC(=O)O)C(C#N)c1ccc(F)c(F)c1. The fraction of sp³-hybridized carbons (Fsp3) is 0.333. The molecule has 1 rings (SSSR count). The molecular weight excluding hydrogens is 242 g/mol. The molecule has 0 radical (unpaired) electrons. The van der Waals surface area contributed by atoms with Crippen molar-refractivity contribution in [3.05, 3.63) is 35.4 Å². The minimum absolute atomic E-state index is 0.127. The van der Waals surface area contributed by atoms with Crippen molar-refractivity contribution in [1.29, 1.82) is 5.26 Å². The summed E-state index contributed by atoms with van der Waals surface area (Å²) in [6, 6.07) is 4.32. The van der Waals surface area contributed by atoms with E-state index in [2.05, 4.69) is 0 Å². The van der Waals surface area contributed by atoms with Crippen molar-refractivity contribution in [2.24, 2.45) is 0 Å². The lowest BCUT2D eigenvalue weighted by atomic mass is 10.1. The fourth-order valence-corrected chi connectivity index (χ4v) is 1.51. The van der Waals surface area contributed by atoms with Gasteiger partial charge in [0.05, 0.1) is 12.5 Å². The van der Waals surface area contributed by atoms with Crippen molar-refractivity contribution < 1.29 is 18.7 Å². The highest BCUT2D eigenvalue weighted by molar-refractivity contribution is 5.66. The molecule has 0 bridgehead atoms. The number of carboxylic acid groups (broad SMARTS) is 1. The predicted octanol–water partition coefficient (Wildman–Crippen LogP) is 1.94. The Kier molecular flexibility index (Phi) is 4.75. The monoisotopic (exact) mass is 254 g/mol. The molecule has 1 unspecified atom stereocenters. The van der Waals surface area contributed by atoms with Gasteiger partial charge in [0.25, 0.3) is 0 Å². The number of nitriles is 1. The Balaban J connectivity index is 2.85. The van der Waals surface area contributed by atoms with Crippen LogP contribution in [0.25, 0.3) is 0 Å². The molecule has 96 valence electrons. The molecule has 4 nitrogen and oxygen atoms in total. The largest absolute Gasteiger partial charge is 0.481 e. The summed E-state index contributed by atoms with van der Waals surface area (Å²) < 4.78 is 25.8. The highest BCUT2D eigenvalue weighted by Crippen LogP contribution is 2.20. The number of carboxylic acids is 1. The zero-order valence-corrected chi connectivity index (χ0v) is 9.73. The Labute approximate surface area is 103 Å². The molecule has 0 saturated heterocycles. The molecule has 1 N–H and O–H groups in total. The van der Waals surface area contributed by atoms with Gasteiger partial charge in [0.15, 0.2) is 11.6 Å². The first-order valence-electron chi connectivity index (χ1n) is 5.22. The zero-order chi connectivity index (χ0) is 13.7. The van der Waals surface area contributed by atoms with Gasteiger partial charge in [-0.2, -0.15) is 5.26 Å². The standard InChI is InChI=1S/C12H12F2N2O2/c1-16(5-4-12(17)18)11(7-15)8-2-3-9(13)10(14)6-8/h2-3,6,11H,4-5H2,1H3,(H,17,18). The lowest BCUT2D eigenvalue weighted by Crippen LogP contribution is -2.26. The maximum Gasteiger partial charge on any atom is 0.304 e. The van der Waals surface area contributed by atoms with Gasteiger partial charge in [-0.25, -0.2) is 8.78 Å². The molecule has 0 aliphatic rings. The van der Waals surface area contributed by atoms with Gasteiger partial charge in [-0.1, -0.05) is 6.07 Å². The second kappa shape index (κ2) is 6.07. The van der Waals surface area contributed by atoms with Crippen molar-refractivity contribution in [2.75, 3.05) is 13.6 Å². The average Bonchev–Trinajstić information content (AvgIpc) is 2.32. The van der Waals surface area contributed by atoms with Crippen molar-refractivity contribution >= 4 is 5.97 Å². The van der Waals surface area contributed by atoms with E-state index in [-0.39, 0.29) is 13.0 Å². The van der Waals surface area contributed by atoms with Gasteiger partial charge in [0.2, 0.25) is 0 Å². The van der Waals surface area contributed by atoms with Gasteiger partial charge >= 0.3 is 5.97 Å². The minimum atomic E-state index is -1.03. The average molecular weight is 254 g/mol. The van der Waals surface area contributed by atoms with E-state index in [1.54, 1.807) is 7.05 Å². The summed E-state index contributed by atoms with van der Waals surface area (Å²) >= 11 is 0. The predicted molar refractivity (Wildman–Crippen MR) is 59.6 cm³/mol. The van der Waals surface area contributed by atoms with Crippen molar-refractivity contribution in [3.8, 4) is 6.07 Å². The Hall–Kier alpha value is -2.00. The maximum atomic E-state index is 13.1. The van der Waals surface area contributed by atoms with Gasteiger partial charge in [-0.05, 0) is 24.7 Å². The van der Waals surface area contributed by atoms with Gasteiger partial charge in [-0.15, -0.1) is 0 Å². The zero-order valence-electron chi connectivity index (χ0n) is 9.73. The first-order chi connectivity index (χ1) is 8.45. The number of hydrogen-bond acceptors (Lipinski definition) is 3. The summed E-state index contributed by atoms with van der Waals surface area (Å²) in [4.78, 5) is 11.9. The highest BCUT2D eigenvalue weighted by atomic mass is 19.2. The first-order valence-corrected chi connectivity index (χ1v) is 5.22. The number of rotatable bonds is 5. The van der Waals surface area contributed by atoms with E-state index >= 15 is 0 Å². The van der Waals surface area contributed by atoms with Crippen LogP contribution in [0, 0.1) is 23.0 Å². The highest BCUT2D eigenvalue weighted by Gasteiger charge is 2.18. The quantitative estimate of drug-likeness (QED) is 0.872. The van der Waals surface area contributed by atoms with Crippen LogP contribution in [0.15, 0.2) is 18.2 Å². The number of aliphatic carboxylic acids is 1. The van der Waals surface area contributed by atoms with Crippen LogP contribution in [0.1, 0.15) is 18.0 Å². The van der Waals surface area contributed by atoms with E-state index in [1.807, 2.05) is 6.07 Å². The molecule has 18 heavy (non-hydrogen) atoms. The molecule has 1 aromatic rings. The van der Waals surface area contributed by atoms with Crippen LogP contribution in [-0.4, -0.2) is 29.6 Å². The molecular formula is C12H12F2N2O2. The van der Waals surface area contributed by atoms with E-state index in [0.717, 1.165) is 12.1 Å². The number of nitrogens with zero attached hydrogens (tertiary/aromatic N) is 2. The molecule has 0 fully saturated rings. The van der Waals surface area contributed by atoms with Crippen LogP contribution in [0.5, 0.6) is 0 Å². The Morgan fingerprint density at radius 2 is 2.17 bits per heavy atom. The lowest BCUT2D eigenvalue weighted by Gasteiger charge is -2.21. The molecule has 0 saturated carbocycles. The summed E-state index contributed by atoms with van der Waals surface area (Å²) in [6.45, 7) is 0.145. The Bertz CT molecular complexity index is 485. The summed E-state index contributed by atoms with van der Waals surface area (Å²) in [5, 5.41) is 17.6.